The zero-order valence-corrected chi connectivity index (χ0v) is 13.9. The number of phenols is 1. The quantitative estimate of drug-likeness (QED) is 0.496. The highest BCUT2D eigenvalue weighted by Crippen LogP contribution is 2.17. The average Bonchev–Trinajstić information content (AvgIpc) is 2.56. The topological polar surface area (TPSA) is 156 Å². The Bertz CT molecular complexity index is 782. The van der Waals surface area contributed by atoms with Gasteiger partial charge in [-0.25, -0.2) is 14.8 Å². The van der Waals surface area contributed by atoms with Crippen LogP contribution in [0, 0.1) is 0 Å². The zero-order chi connectivity index (χ0) is 18.4. The molecule has 0 radical (unpaired) electrons. The first-order valence-electron chi connectivity index (χ1n) is 7.32. The molecule has 1 aromatic carbocycles. The number of imide groups is 1. The number of nitrogens with two attached hydrogens (primary N) is 2. The van der Waals surface area contributed by atoms with E-state index in [1.807, 2.05) is 0 Å². The first kappa shape index (κ1) is 18.3. The Balaban J connectivity index is 1.79. The fourth-order valence-corrected chi connectivity index (χ4v) is 2.10. The number of carbonyl (C=O) groups excluding carboxylic acids is 2. The molecule has 9 nitrogen and oxygen atoms in total. The van der Waals surface area contributed by atoms with Crippen LogP contribution in [0.5, 0.6) is 5.75 Å². The molecule has 25 heavy (non-hydrogen) atoms. The molecule has 7 N–H and O–H groups in total. The maximum atomic E-state index is 11.9. The fraction of sp³-hybridized carbons (Fsp3) is 0.200. The molecular weight excluding hydrogens is 348 g/mol. The lowest BCUT2D eigenvalue weighted by atomic mass is 10.1. The number of nitrogens with one attached hydrogen (secondary N) is 2. The predicted molar refractivity (Wildman–Crippen MR) is 93.2 cm³/mol. The van der Waals surface area contributed by atoms with E-state index in [4.69, 9.17) is 23.1 Å². The van der Waals surface area contributed by atoms with Gasteiger partial charge in [0.2, 0.25) is 0 Å². The maximum Gasteiger partial charge on any atom is 0.321 e. The highest BCUT2D eigenvalue weighted by Gasteiger charge is 2.17. The number of urea groups is 1. The van der Waals surface area contributed by atoms with Gasteiger partial charge in [0.05, 0.1) is 0 Å². The summed E-state index contributed by atoms with van der Waals surface area (Å²) in [5.74, 6) is -0.957. The Morgan fingerprint density at radius 1 is 1.12 bits per heavy atom. The number of hydrogen-bond acceptors (Lipinski definition) is 7. The number of amides is 3. The van der Waals surface area contributed by atoms with E-state index in [-0.39, 0.29) is 28.2 Å². The molecular formula is C15H17ClN6O3. The van der Waals surface area contributed by atoms with Crippen molar-refractivity contribution in [3.8, 4) is 5.75 Å². The van der Waals surface area contributed by atoms with Gasteiger partial charge in [-0.05, 0) is 30.5 Å². The molecule has 0 aliphatic heterocycles. The van der Waals surface area contributed by atoms with Gasteiger partial charge >= 0.3 is 6.03 Å². The molecule has 0 aliphatic carbocycles. The second kappa shape index (κ2) is 8.15. The van der Waals surface area contributed by atoms with Crippen molar-refractivity contribution < 1.29 is 14.7 Å². The molecule has 0 fully saturated rings. The van der Waals surface area contributed by atoms with Crippen molar-refractivity contribution in [3.63, 3.8) is 0 Å². The predicted octanol–water partition coefficient (Wildman–Crippen LogP) is 1.07. The van der Waals surface area contributed by atoms with Gasteiger partial charge in [-0.15, -0.1) is 0 Å². The van der Waals surface area contributed by atoms with Crippen LogP contribution in [0.3, 0.4) is 0 Å². The monoisotopic (exact) mass is 364 g/mol. The lowest BCUT2D eigenvalue weighted by Crippen LogP contribution is -2.40. The third-order valence-corrected chi connectivity index (χ3v) is 3.49. The minimum absolute atomic E-state index is 0.102. The van der Waals surface area contributed by atoms with Crippen molar-refractivity contribution in [3.05, 3.63) is 40.7 Å². The van der Waals surface area contributed by atoms with Gasteiger partial charge in [-0.3, -0.25) is 10.1 Å². The molecule has 1 heterocycles. The second-order valence-electron chi connectivity index (χ2n) is 5.11. The second-order valence-corrected chi connectivity index (χ2v) is 5.47. The van der Waals surface area contributed by atoms with Crippen LogP contribution >= 0.6 is 11.6 Å². The fourth-order valence-electron chi connectivity index (χ4n) is 1.97. The van der Waals surface area contributed by atoms with Crippen LogP contribution < -0.4 is 22.1 Å². The van der Waals surface area contributed by atoms with E-state index < -0.39 is 11.9 Å². The average molecular weight is 365 g/mol. The molecule has 0 saturated carbocycles. The summed E-state index contributed by atoms with van der Waals surface area (Å²) in [7, 11) is 0. The third-order valence-electron chi connectivity index (χ3n) is 3.21. The maximum absolute atomic E-state index is 11.9. The van der Waals surface area contributed by atoms with E-state index in [0.29, 0.717) is 19.4 Å². The molecule has 2 rings (SSSR count). The molecule has 1 aromatic heterocycles. The third kappa shape index (κ3) is 5.21. The van der Waals surface area contributed by atoms with E-state index >= 15 is 0 Å². The number of anilines is 2. The summed E-state index contributed by atoms with van der Waals surface area (Å²) >= 11 is 5.69. The molecule has 0 aliphatic rings. The van der Waals surface area contributed by atoms with E-state index in [0.717, 1.165) is 5.56 Å². The Hall–Kier alpha value is -3.07. The summed E-state index contributed by atoms with van der Waals surface area (Å²) in [6.45, 7) is 0.351. The van der Waals surface area contributed by atoms with Crippen LogP contribution in [0.4, 0.5) is 16.4 Å². The van der Waals surface area contributed by atoms with Crippen molar-refractivity contribution in [2.24, 2.45) is 0 Å². The first-order valence-corrected chi connectivity index (χ1v) is 7.70. The zero-order valence-electron chi connectivity index (χ0n) is 13.1. The Labute approximate surface area is 148 Å². The van der Waals surface area contributed by atoms with E-state index in [1.54, 1.807) is 24.3 Å². The molecule has 10 heteroatoms. The molecule has 0 spiro atoms. The Morgan fingerprint density at radius 3 is 2.48 bits per heavy atom. The largest absolute Gasteiger partial charge is 0.508 e. The van der Waals surface area contributed by atoms with E-state index in [2.05, 4.69) is 20.6 Å². The van der Waals surface area contributed by atoms with Gasteiger partial charge in [-0.2, -0.15) is 0 Å². The molecule has 132 valence electrons. The van der Waals surface area contributed by atoms with E-state index in [9.17, 15) is 14.7 Å². The van der Waals surface area contributed by atoms with Crippen molar-refractivity contribution in [2.75, 3.05) is 18.0 Å². The van der Waals surface area contributed by atoms with Crippen molar-refractivity contribution in [1.29, 1.82) is 0 Å². The number of aromatic nitrogens is 2. The minimum Gasteiger partial charge on any atom is -0.508 e. The number of hydrogen-bond donors (Lipinski definition) is 5. The van der Waals surface area contributed by atoms with Crippen molar-refractivity contribution >= 4 is 35.2 Å². The molecule has 0 bridgehead atoms. The number of phenolic OH excluding ortho intramolecular Hbond substituents is 1. The molecule has 0 saturated heterocycles. The van der Waals surface area contributed by atoms with Gasteiger partial charge in [0.1, 0.15) is 5.75 Å². The van der Waals surface area contributed by atoms with Gasteiger partial charge in [0.15, 0.2) is 22.5 Å². The van der Waals surface area contributed by atoms with Crippen LogP contribution in [-0.4, -0.2) is 33.6 Å². The molecule has 0 unspecified atom stereocenters. The number of aryl methyl sites for hydroxylation is 1. The number of halogens is 1. The van der Waals surface area contributed by atoms with Crippen LogP contribution in [0.15, 0.2) is 24.3 Å². The molecule has 3 amide bonds. The van der Waals surface area contributed by atoms with Crippen LogP contribution in [0.25, 0.3) is 0 Å². The van der Waals surface area contributed by atoms with E-state index in [1.165, 1.54) is 0 Å². The van der Waals surface area contributed by atoms with Gasteiger partial charge < -0.3 is 21.9 Å². The smallest absolute Gasteiger partial charge is 0.321 e. The number of aromatic hydroxyl groups is 1. The van der Waals surface area contributed by atoms with Gasteiger partial charge in [-0.1, -0.05) is 23.7 Å². The summed E-state index contributed by atoms with van der Waals surface area (Å²) in [4.78, 5) is 31.0. The van der Waals surface area contributed by atoms with Crippen molar-refractivity contribution in [1.82, 2.24) is 20.6 Å². The lowest BCUT2D eigenvalue weighted by Gasteiger charge is -2.08. The summed E-state index contributed by atoms with van der Waals surface area (Å²) in [5.41, 5.74) is 11.7. The first-order chi connectivity index (χ1) is 11.9. The summed E-state index contributed by atoms with van der Waals surface area (Å²) in [5, 5.41) is 13.7. The highest BCUT2D eigenvalue weighted by atomic mass is 35.5. The number of nitrogens with zero attached hydrogens (tertiary/aromatic N) is 2. The summed E-state index contributed by atoms with van der Waals surface area (Å²) < 4.78 is 0. The Morgan fingerprint density at radius 2 is 1.80 bits per heavy atom. The standard InChI is InChI=1S/C15H17ClN6O3/c16-11-13(18)21-12(17)10(20-11)14(24)22-15(25)19-7-1-2-8-3-5-9(23)6-4-8/h3-6,23H,1-2,7H2,(H4,17,18,21)(H2,19,22,24,25). The van der Waals surface area contributed by atoms with Gasteiger partial charge in [0, 0.05) is 6.54 Å². The van der Waals surface area contributed by atoms with Crippen LogP contribution in [0.2, 0.25) is 5.15 Å². The van der Waals surface area contributed by atoms with Crippen molar-refractivity contribution in [2.45, 2.75) is 12.8 Å². The number of benzene rings is 1. The Kier molecular flexibility index (Phi) is 5.96. The van der Waals surface area contributed by atoms with Crippen LogP contribution in [-0.2, 0) is 6.42 Å². The normalized spacial score (nSPS) is 10.3. The summed E-state index contributed by atoms with van der Waals surface area (Å²) in [6.07, 6.45) is 1.36. The summed E-state index contributed by atoms with van der Waals surface area (Å²) in [6, 6.07) is 6.09. The number of carbonyl (C=O) groups is 2. The minimum atomic E-state index is -0.831. The van der Waals surface area contributed by atoms with Gasteiger partial charge in [0.25, 0.3) is 5.91 Å². The lowest BCUT2D eigenvalue weighted by molar-refractivity contribution is 0.0960. The number of nitrogen functional groups attached to an aromatic ring is 2. The molecule has 2 aromatic rings. The highest BCUT2D eigenvalue weighted by molar-refractivity contribution is 6.31. The van der Waals surface area contributed by atoms with Crippen LogP contribution in [0.1, 0.15) is 22.5 Å². The number of rotatable bonds is 5. The molecule has 0 atom stereocenters. The SMILES string of the molecule is Nc1nc(N)c(C(=O)NC(=O)NCCCc2ccc(O)cc2)nc1Cl.